The van der Waals surface area contributed by atoms with Crippen LogP contribution in [0.5, 0.6) is 0 Å². The molecule has 1 aromatic heterocycles. The maximum atomic E-state index is 13.5. The van der Waals surface area contributed by atoms with Crippen LogP contribution >= 0.6 is 11.3 Å². The Morgan fingerprint density at radius 1 is 1.08 bits per heavy atom. The molecule has 2 unspecified atom stereocenters. The van der Waals surface area contributed by atoms with Crippen molar-refractivity contribution in [1.82, 2.24) is 4.31 Å². The third-order valence-corrected chi connectivity index (χ3v) is 10.00. The first-order chi connectivity index (χ1) is 18.2. The first-order valence-corrected chi connectivity index (χ1v) is 14.3. The zero-order chi connectivity index (χ0) is 28.6. The molecule has 1 aliphatic rings. The molecule has 13 heteroatoms. The summed E-state index contributed by atoms with van der Waals surface area (Å²) in [6, 6.07) is 13.1. The number of halogens is 4. The lowest BCUT2D eigenvalue weighted by atomic mass is 9.95. The maximum Gasteiger partial charge on any atom is 0.421 e. The number of carbonyl (C=O) groups is 1. The lowest BCUT2D eigenvalue weighted by molar-refractivity contribution is -0.258. The number of amides is 1. The highest BCUT2D eigenvalue weighted by molar-refractivity contribution is 7.91. The van der Waals surface area contributed by atoms with Gasteiger partial charge in [0.1, 0.15) is 10.0 Å². The normalized spacial score (nSPS) is 18.5. The Morgan fingerprint density at radius 3 is 2.26 bits per heavy atom. The Kier molecular flexibility index (Phi) is 8.08. The lowest BCUT2D eigenvalue weighted by Crippen LogP contribution is -2.58. The van der Waals surface area contributed by atoms with Crippen LogP contribution in [0.3, 0.4) is 0 Å². The summed E-state index contributed by atoms with van der Waals surface area (Å²) in [6.45, 7) is 2.33. The average molecular weight is 586 g/mol. The van der Waals surface area contributed by atoms with Gasteiger partial charge in [0.15, 0.2) is 5.60 Å². The number of anilines is 2. The van der Waals surface area contributed by atoms with Crippen LogP contribution < -0.4 is 9.80 Å². The standard InChI is InChI=1S/C26H27F4N3O4S2/c1-18(34)33(22-11-7-20(27)8-12-22)17-23-16-31(39(36,37)24-4-3-15-38-24)13-14-32(23)21-9-5-19(6-10-21)25(2,35)26(28,29)30/h3-12,15,23,35H,13-14,16-17H2,1-2H3. The Bertz CT molecular complexity index is 1390. The van der Waals surface area contributed by atoms with Crippen molar-refractivity contribution < 1.29 is 35.9 Å². The number of hydrogen-bond acceptors (Lipinski definition) is 6. The molecule has 3 aromatic rings. The van der Waals surface area contributed by atoms with Crippen molar-refractivity contribution in [2.45, 2.75) is 35.9 Å². The fourth-order valence-corrected chi connectivity index (χ4v) is 7.08. The van der Waals surface area contributed by atoms with Crippen LogP contribution in [0.25, 0.3) is 0 Å². The predicted octanol–water partition coefficient (Wildman–Crippen LogP) is 4.59. The monoisotopic (exact) mass is 585 g/mol. The SMILES string of the molecule is CC(=O)N(CC1CN(S(=O)(=O)c2cccs2)CCN1c1ccc(C(C)(O)C(F)(F)F)cc1)c1ccc(F)cc1. The number of rotatable bonds is 7. The molecule has 2 atom stereocenters. The summed E-state index contributed by atoms with van der Waals surface area (Å²) in [7, 11) is -3.81. The van der Waals surface area contributed by atoms with E-state index in [1.807, 2.05) is 4.90 Å². The zero-order valence-electron chi connectivity index (χ0n) is 21.1. The molecule has 2 heterocycles. The smallest absolute Gasteiger partial charge is 0.376 e. The number of hydrogen-bond donors (Lipinski definition) is 1. The minimum Gasteiger partial charge on any atom is -0.376 e. The number of nitrogens with zero attached hydrogens (tertiary/aromatic N) is 3. The minimum absolute atomic E-state index is 0.00672. The molecule has 1 fully saturated rings. The summed E-state index contributed by atoms with van der Waals surface area (Å²) >= 11 is 1.09. The number of piperazine rings is 1. The van der Waals surface area contributed by atoms with Gasteiger partial charge in [-0.25, -0.2) is 12.8 Å². The van der Waals surface area contributed by atoms with Gasteiger partial charge in [0, 0.05) is 44.5 Å². The van der Waals surface area contributed by atoms with Crippen molar-refractivity contribution in [1.29, 1.82) is 0 Å². The van der Waals surface area contributed by atoms with Gasteiger partial charge in [0.05, 0.1) is 6.04 Å². The van der Waals surface area contributed by atoms with Crippen LogP contribution in [0, 0.1) is 5.82 Å². The van der Waals surface area contributed by atoms with Crippen molar-refractivity contribution in [2.75, 3.05) is 36.0 Å². The molecule has 39 heavy (non-hydrogen) atoms. The first-order valence-electron chi connectivity index (χ1n) is 12.0. The summed E-state index contributed by atoms with van der Waals surface area (Å²) in [4.78, 5) is 15.8. The molecule has 1 saturated heterocycles. The number of sulfonamides is 1. The lowest BCUT2D eigenvalue weighted by Gasteiger charge is -2.44. The fraction of sp³-hybridized carbons (Fsp3) is 0.346. The fourth-order valence-electron chi connectivity index (χ4n) is 4.47. The molecule has 210 valence electrons. The van der Waals surface area contributed by atoms with Gasteiger partial charge in [0.2, 0.25) is 5.91 Å². The molecule has 1 amide bonds. The van der Waals surface area contributed by atoms with Crippen molar-refractivity contribution in [3.05, 3.63) is 77.4 Å². The van der Waals surface area contributed by atoms with E-state index in [0.717, 1.165) is 11.3 Å². The van der Waals surface area contributed by atoms with Gasteiger partial charge in [-0.2, -0.15) is 17.5 Å². The number of benzene rings is 2. The summed E-state index contributed by atoms with van der Waals surface area (Å²) in [5.41, 5.74) is -2.48. The largest absolute Gasteiger partial charge is 0.421 e. The molecule has 0 radical (unpaired) electrons. The van der Waals surface area contributed by atoms with E-state index in [-0.39, 0.29) is 41.9 Å². The number of alkyl halides is 3. The van der Waals surface area contributed by atoms with Crippen LogP contribution in [0.2, 0.25) is 0 Å². The molecule has 1 aliphatic heterocycles. The van der Waals surface area contributed by atoms with E-state index in [4.69, 9.17) is 0 Å². The van der Waals surface area contributed by atoms with E-state index in [0.29, 0.717) is 18.3 Å². The van der Waals surface area contributed by atoms with Crippen LogP contribution in [-0.2, 0) is 20.4 Å². The van der Waals surface area contributed by atoms with Crippen molar-refractivity contribution in [2.24, 2.45) is 0 Å². The van der Waals surface area contributed by atoms with Crippen LogP contribution in [-0.4, -0.2) is 62.1 Å². The van der Waals surface area contributed by atoms with Gasteiger partial charge >= 0.3 is 6.18 Å². The van der Waals surface area contributed by atoms with E-state index in [1.54, 1.807) is 11.4 Å². The van der Waals surface area contributed by atoms with Crippen molar-refractivity contribution in [3.8, 4) is 0 Å². The Morgan fingerprint density at radius 2 is 1.72 bits per heavy atom. The maximum absolute atomic E-state index is 13.5. The Hall–Kier alpha value is -3.00. The zero-order valence-corrected chi connectivity index (χ0v) is 22.7. The van der Waals surface area contributed by atoms with E-state index in [2.05, 4.69) is 0 Å². The minimum atomic E-state index is -4.88. The summed E-state index contributed by atoms with van der Waals surface area (Å²) in [6.07, 6.45) is -4.88. The summed E-state index contributed by atoms with van der Waals surface area (Å²) in [5.74, 6) is -0.832. The molecule has 0 aliphatic carbocycles. The predicted molar refractivity (Wildman–Crippen MR) is 141 cm³/mol. The first kappa shape index (κ1) is 29.0. The molecule has 0 saturated carbocycles. The van der Waals surface area contributed by atoms with Gasteiger partial charge in [0.25, 0.3) is 10.0 Å². The number of thiophene rings is 1. The van der Waals surface area contributed by atoms with Crippen LogP contribution in [0.1, 0.15) is 19.4 Å². The average Bonchev–Trinajstić information content (AvgIpc) is 3.43. The topological polar surface area (TPSA) is 81.2 Å². The van der Waals surface area contributed by atoms with Gasteiger partial charge in [-0.05, 0) is 60.3 Å². The second-order valence-electron chi connectivity index (χ2n) is 9.37. The number of aliphatic hydroxyl groups is 1. The highest BCUT2D eigenvalue weighted by atomic mass is 32.2. The van der Waals surface area contributed by atoms with Crippen LogP contribution in [0.4, 0.5) is 28.9 Å². The van der Waals surface area contributed by atoms with E-state index in [9.17, 15) is 35.9 Å². The highest BCUT2D eigenvalue weighted by Crippen LogP contribution is 2.39. The molecule has 0 spiro atoms. The molecule has 1 N–H and O–H groups in total. The van der Waals surface area contributed by atoms with Gasteiger partial charge in [-0.1, -0.05) is 18.2 Å². The molecule has 4 rings (SSSR count). The summed E-state index contributed by atoms with van der Waals surface area (Å²) in [5, 5.41) is 11.7. The van der Waals surface area contributed by atoms with Gasteiger partial charge < -0.3 is 14.9 Å². The van der Waals surface area contributed by atoms with E-state index in [1.165, 1.54) is 70.7 Å². The quantitative estimate of drug-likeness (QED) is 0.411. The Labute approximate surface area is 227 Å². The van der Waals surface area contributed by atoms with E-state index >= 15 is 0 Å². The Balaban J connectivity index is 1.68. The van der Waals surface area contributed by atoms with E-state index < -0.39 is 33.7 Å². The number of carbonyl (C=O) groups excluding carboxylic acids is 1. The third-order valence-electron chi connectivity index (χ3n) is 6.76. The third kappa shape index (κ3) is 5.96. The highest BCUT2D eigenvalue weighted by Gasteiger charge is 2.51. The summed E-state index contributed by atoms with van der Waals surface area (Å²) < 4.78 is 81.6. The molecular formula is C26H27F4N3O4S2. The molecule has 7 nitrogen and oxygen atoms in total. The molecule has 2 aromatic carbocycles. The van der Waals surface area contributed by atoms with Crippen molar-refractivity contribution in [3.63, 3.8) is 0 Å². The second kappa shape index (κ2) is 10.9. The van der Waals surface area contributed by atoms with Crippen LogP contribution in [0.15, 0.2) is 70.3 Å². The molecule has 0 bridgehead atoms. The van der Waals surface area contributed by atoms with Gasteiger partial charge in [-0.3, -0.25) is 4.79 Å². The molecular weight excluding hydrogens is 558 g/mol. The van der Waals surface area contributed by atoms with Crippen molar-refractivity contribution >= 4 is 38.6 Å². The second-order valence-corrected chi connectivity index (χ2v) is 12.5. The van der Waals surface area contributed by atoms with Gasteiger partial charge in [-0.15, -0.1) is 11.3 Å².